The van der Waals surface area contributed by atoms with Crippen LogP contribution in [0.3, 0.4) is 0 Å². The molecule has 3 heterocycles. The van der Waals surface area contributed by atoms with E-state index in [1.54, 1.807) is 15.9 Å². The van der Waals surface area contributed by atoms with E-state index in [9.17, 15) is 19.2 Å². The van der Waals surface area contributed by atoms with Crippen LogP contribution in [0.15, 0.2) is 53.6 Å². The van der Waals surface area contributed by atoms with E-state index in [4.69, 9.17) is 0 Å². The van der Waals surface area contributed by atoms with Crippen LogP contribution in [0.25, 0.3) is 0 Å². The molecule has 0 bridgehead atoms. The number of nitrogens with zero attached hydrogens (tertiary/aromatic N) is 6. The lowest BCUT2D eigenvalue weighted by molar-refractivity contribution is -0.131. The second kappa shape index (κ2) is 18.7. The van der Waals surface area contributed by atoms with Crippen molar-refractivity contribution in [2.75, 3.05) is 32.7 Å². The standard InChI is InChI=1S/C29H36FN7O.C4H7NO.C2H6/c1-3-4-6-10-25-21(2)11-12-22-18-23(30)13-14-26(22)29(25,28-33-35-36-34-28)15-16-32-20-27(38)37-17-8-5-7-9-24(37)19-31;6-4-5-2-1-3-5;1-2/h3-4,6,10,13-14,18,24,32H,5,7-9,11-12,15-17,20H2,1-2H3,(H,33,34,35,36);4H,1-3H2;1-2H3/b4-3-,10-6-;;/t24-,29?;;/m0../s1. The first kappa shape index (κ1) is 36.3. The van der Waals surface area contributed by atoms with Gasteiger partial charge in [0.15, 0.2) is 5.82 Å². The summed E-state index contributed by atoms with van der Waals surface area (Å²) in [6.07, 6.45) is 15.8. The van der Waals surface area contributed by atoms with Crippen LogP contribution in [0.1, 0.15) is 89.6 Å². The Morgan fingerprint density at radius 1 is 1.17 bits per heavy atom. The second-order valence-electron chi connectivity index (χ2n) is 11.5. The summed E-state index contributed by atoms with van der Waals surface area (Å²) in [6.45, 7) is 11.3. The molecule has 2 fully saturated rings. The Labute approximate surface area is 272 Å². The number of H-pyrrole nitrogens is 1. The van der Waals surface area contributed by atoms with Crippen molar-refractivity contribution in [1.82, 2.24) is 35.7 Å². The third kappa shape index (κ3) is 8.97. The summed E-state index contributed by atoms with van der Waals surface area (Å²) < 4.78 is 14.4. The molecule has 3 aliphatic rings. The molecule has 2 amide bonds. The molecule has 248 valence electrons. The van der Waals surface area contributed by atoms with Gasteiger partial charge < -0.3 is 15.1 Å². The summed E-state index contributed by atoms with van der Waals surface area (Å²) in [5.41, 5.74) is 3.29. The van der Waals surface area contributed by atoms with Gasteiger partial charge in [-0.2, -0.15) is 10.5 Å². The zero-order chi connectivity index (χ0) is 33.4. The number of aryl methyl sites for hydroxylation is 1. The molecule has 5 rings (SSSR count). The number of aromatic amines is 1. The average molecular weight is 633 g/mol. The lowest BCUT2D eigenvalue weighted by Gasteiger charge is -2.35. The summed E-state index contributed by atoms with van der Waals surface area (Å²) in [7, 11) is 0. The summed E-state index contributed by atoms with van der Waals surface area (Å²) in [5, 5.41) is 28.3. The molecule has 1 aromatic heterocycles. The van der Waals surface area contributed by atoms with Crippen LogP contribution in [-0.2, 0) is 21.4 Å². The van der Waals surface area contributed by atoms with Gasteiger partial charge in [0.2, 0.25) is 12.3 Å². The van der Waals surface area contributed by atoms with Crippen molar-refractivity contribution in [1.29, 1.82) is 5.26 Å². The summed E-state index contributed by atoms with van der Waals surface area (Å²) in [6, 6.07) is 6.86. The van der Waals surface area contributed by atoms with E-state index >= 15 is 0 Å². The van der Waals surface area contributed by atoms with E-state index in [0.717, 1.165) is 68.3 Å². The van der Waals surface area contributed by atoms with Gasteiger partial charge in [-0.1, -0.05) is 67.8 Å². The predicted octanol–water partition coefficient (Wildman–Crippen LogP) is 5.17. The van der Waals surface area contributed by atoms with Crippen molar-refractivity contribution in [2.24, 2.45) is 0 Å². The summed E-state index contributed by atoms with van der Waals surface area (Å²) in [5.74, 6) is 0.178. The molecule has 0 saturated carbocycles. The molecule has 0 radical (unpaired) electrons. The number of allylic oxidation sites excluding steroid dienone is 6. The quantitative estimate of drug-likeness (QED) is 0.222. The van der Waals surface area contributed by atoms with Crippen LogP contribution in [0.2, 0.25) is 0 Å². The van der Waals surface area contributed by atoms with E-state index in [1.165, 1.54) is 18.1 Å². The van der Waals surface area contributed by atoms with E-state index in [2.05, 4.69) is 45.0 Å². The molecule has 46 heavy (non-hydrogen) atoms. The smallest absolute Gasteiger partial charge is 0.237 e. The molecular formula is C35H49FN8O2. The minimum absolute atomic E-state index is 0.0599. The van der Waals surface area contributed by atoms with Crippen molar-refractivity contribution in [3.63, 3.8) is 0 Å². The molecule has 2 aliphatic heterocycles. The molecule has 2 N–H and O–H groups in total. The number of nitrogens with one attached hydrogen (secondary N) is 2. The third-order valence-corrected chi connectivity index (χ3v) is 8.72. The van der Waals surface area contributed by atoms with E-state index in [0.29, 0.717) is 31.8 Å². The van der Waals surface area contributed by atoms with Gasteiger partial charge in [-0.05, 0) is 87.7 Å². The van der Waals surface area contributed by atoms with Crippen LogP contribution in [-0.4, -0.2) is 81.5 Å². The Morgan fingerprint density at radius 3 is 2.61 bits per heavy atom. The van der Waals surface area contributed by atoms with Crippen LogP contribution >= 0.6 is 0 Å². The number of hydrogen-bond donors (Lipinski definition) is 2. The minimum Gasteiger partial charge on any atom is -0.345 e. The Balaban J connectivity index is 0.000000636. The number of rotatable bonds is 9. The Bertz CT molecular complexity index is 1390. The van der Waals surface area contributed by atoms with Crippen LogP contribution in [0, 0.1) is 17.1 Å². The fourth-order valence-electron chi connectivity index (χ4n) is 6.22. The van der Waals surface area contributed by atoms with Crippen LogP contribution < -0.4 is 5.32 Å². The van der Waals surface area contributed by atoms with Gasteiger partial charge in [0.25, 0.3) is 0 Å². The van der Waals surface area contributed by atoms with E-state index in [1.807, 2.05) is 45.1 Å². The maximum absolute atomic E-state index is 14.4. The summed E-state index contributed by atoms with van der Waals surface area (Å²) in [4.78, 5) is 26.2. The van der Waals surface area contributed by atoms with Crippen molar-refractivity contribution in [2.45, 2.75) is 90.5 Å². The Morgan fingerprint density at radius 2 is 1.98 bits per heavy atom. The van der Waals surface area contributed by atoms with Gasteiger partial charge in [0, 0.05) is 19.6 Å². The molecule has 1 aliphatic carbocycles. The molecule has 1 unspecified atom stereocenters. The molecule has 0 spiro atoms. The number of tetrazole rings is 1. The fourth-order valence-corrected chi connectivity index (χ4v) is 6.22. The van der Waals surface area contributed by atoms with Crippen LogP contribution in [0.5, 0.6) is 0 Å². The van der Waals surface area contributed by atoms with Crippen molar-refractivity contribution >= 4 is 12.3 Å². The first-order valence-electron chi connectivity index (χ1n) is 16.6. The molecule has 2 aromatic rings. The van der Waals surface area contributed by atoms with Crippen molar-refractivity contribution < 1.29 is 14.0 Å². The average Bonchev–Trinajstić information content (AvgIpc) is 3.44. The molecule has 11 heteroatoms. The third-order valence-electron chi connectivity index (χ3n) is 8.72. The number of carbonyl (C=O) groups is 2. The maximum Gasteiger partial charge on any atom is 0.237 e. The summed E-state index contributed by atoms with van der Waals surface area (Å²) >= 11 is 0. The highest BCUT2D eigenvalue weighted by Crippen LogP contribution is 2.46. The van der Waals surface area contributed by atoms with Crippen molar-refractivity contribution in [3.05, 3.63) is 76.4 Å². The molecule has 2 atom stereocenters. The van der Waals surface area contributed by atoms with Gasteiger partial charge >= 0.3 is 0 Å². The SMILES string of the molecule is C/C=C\C=C/C1=C(C)CCc2cc(F)ccc2C1(CCNCC(=O)N1CCCCC[C@H]1C#N)c1nn[nH]n1.CC.O=CN1CCC1. The van der Waals surface area contributed by atoms with Gasteiger partial charge in [-0.15, -0.1) is 10.2 Å². The van der Waals surface area contributed by atoms with Gasteiger partial charge in [0.1, 0.15) is 11.9 Å². The van der Waals surface area contributed by atoms with Gasteiger partial charge in [-0.25, -0.2) is 4.39 Å². The lowest BCUT2D eigenvalue weighted by Crippen LogP contribution is -2.44. The first-order chi connectivity index (χ1) is 22.4. The number of amides is 2. The number of carbonyl (C=O) groups excluding carboxylic acids is 2. The number of aromatic nitrogens is 4. The number of nitriles is 1. The molecule has 10 nitrogen and oxygen atoms in total. The topological polar surface area (TPSA) is 131 Å². The second-order valence-corrected chi connectivity index (χ2v) is 11.5. The number of benzene rings is 1. The molecule has 1 aromatic carbocycles. The zero-order valence-electron chi connectivity index (χ0n) is 27.8. The molecular weight excluding hydrogens is 583 g/mol. The molecule has 2 saturated heterocycles. The minimum atomic E-state index is -0.789. The van der Waals surface area contributed by atoms with E-state index < -0.39 is 5.41 Å². The lowest BCUT2D eigenvalue weighted by atomic mass is 9.68. The fraction of sp³-hybridized carbons (Fsp3) is 0.543. The highest BCUT2D eigenvalue weighted by Gasteiger charge is 2.44. The largest absolute Gasteiger partial charge is 0.345 e. The van der Waals surface area contributed by atoms with Crippen molar-refractivity contribution in [3.8, 4) is 6.07 Å². The van der Waals surface area contributed by atoms with Gasteiger partial charge in [-0.3, -0.25) is 9.59 Å². The highest BCUT2D eigenvalue weighted by molar-refractivity contribution is 5.79. The number of halogens is 1. The Hall–Kier alpha value is -4.17. The van der Waals surface area contributed by atoms with Crippen LogP contribution in [0.4, 0.5) is 4.39 Å². The van der Waals surface area contributed by atoms with E-state index in [-0.39, 0.29) is 24.3 Å². The predicted molar refractivity (Wildman–Crippen MR) is 177 cm³/mol. The number of hydrogen-bond acceptors (Lipinski definition) is 7. The Kier molecular flexibility index (Phi) is 14.8. The van der Waals surface area contributed by atoms with Gasteiger partial charge in [0.05, 0.1) is 18.0 Å². The zero-order valence-corrected chi connectivity index (χ0v) is 27.8. The highest BCUT2D eigenvalue weighted by atomic mass is 19.1. The maximum atomic E-state index is 14.4. The normalized spacial score (nSPS) is 21.2. The first-order valence-corrected chi connectivity index (χ1v) is 16.6. The monoisotopic (exact) mass is 632 g/mol. The number of fused-ring (bicyclic) bond motifs is 1. The number of likely N-dealkylation sites (tertiary alicyclic amines) is 2.